The SMILES string of the molecule is COc1cc(O)cc(-c2cccc(C(=O)O)c2)c1. The molecule has 0 radical (unpaired) electrons. The topological polar surface area (TPSA) is 66.8 Å². The number of hydrogen-bond donors (Lipinski definition) is 2. The first-order chi connectivity index (χ1) is 8.60. The molecule has 0 aromatic heterocycles. The van der Waals surface area contributed by atoms with Gasteiger partial charge in [0.2, 0.25) is 0 Å². The van der Waals surface area contributed by atoms with Crippen molar-refractivity contribution >= 4 is 5.97 Å². The minimum Gasteiger partial charge on any atom is -0.508 e. The highest BCUT2D eigenvalue weighted by Crippen LogP contribution is 2.29. The van der Waals surface area contributed by atoms with E-state index >= 15 is 0 Å². The lowest BCUT2D eigenvalue weighted by Crippen LogP contribution is -1.95. The maximum atomic E-state index is 10.9. The van der Waals surface area contributed by atoms with Crippen LogP contribution in [0.1, 0.15) is 10.4 Å². The number of aromatic hydroxyl groups is 1. The maximum Gasteiger partial charge on any atom is 0.335 e. The van der Waals surface area contributed by atoms with Crippen molar-refractivity contribution in [2.45, 2.75) is 0 Å². The van der Waals surface area contributed by atoms with Gasteiger partial charge in [-0.15, -0.1) is 0 Å². The summed E-state index contributed by atoms with van der Waals surface area (Å²) >= 11 is 0. The van der Waals surface area contributed by atoms with E-state index in [9.17, 15) is 9.90 Å². The first kappa shape index (κ1) is 12.0. The summed E-state index contributed by atoms with van der Waals surface area (Å²) < 4.78 is 5.06. The summed E-state index contributed by atoms with van der Waals surface area (Å²) in [7, 11) is 1.51. The average molecular weight is 244 g/mol. The average Bonchev–Trinajstić information content (AvgIpc) is 2.38. The second-order valence-corrected chi connectivity index (χ2v) is 3.81. The van der Waals surface area contributed by atoms with Gasteiger partial charge in [0.25, 0.3) is 0 Å². The molecule has 0 atom stereocenters. The highest BCUT2D eigenvalue weighted by Gasteiger charge is 2.07. The van der Waals surface area contributed by atoms with Gasteiger partial charge in [-0.25, -0.2) is 4.79 Å². The number of rotatable bonds is 3. The quantitative estimate of drug-likeness (QED) is 0.871. The van der Waals surface area contributed by atoms with E-state index in [2.05, 4.69) is 0 Å². The van der Waals surface area contributed by atoms with Gasteiger partial charge in [-0.1, -0.05) is 12.1 Å². The van der Waals surface area contributed by atoms with E-state index in [0.717, 1.165) is 0 Å². The Balaban J connectivity index is 2.51. The normalized spacial score (nSPS) is 10.1. The molecule has 0 saturated heterocycles. The summed E-state index contributed by atoms with van der Waals surface area (Å²) in [6, 6.07) is 11.3. The number of ether oxygens (including phenoxy) is 1. The van der Waals surface area contributed by atoms with Crippen LogP contribution in [0.5, 0.6) is 11.5 Å². The van der Waals surface area contributed by atoms with Crippen LogP contribution >= 0.6 is 0 Å². The molecule has 0 aliphatic rings. The Bertz CT molecular complexity index is 590. The van der Waals surface area contributed by atoms with Crippen molar-refractivity contribution < 1.29 is 19.7 Å². The summed E-state index contributed by atoms with van der Waals surface area (Å²) in [6.07, 6.45) is 0. The van der Waals surface area contributed by atoms with E-state index in [1.807, 2.05) is 0 Å². The number of methoxy groups -OCH3 is 1. The smallest absolute Gasteiger partial charge is 0.335 e. The largest absolute Gasteiger partial charge is 0.508 e. The molecule has 18 heavy (non-hydrogen) atoms. The number of hydrogen-bond acceptors (Lipinski definition) is 3. The lowest BCUT2D eigenvalue weighted by atomic mass is 10.0. The number of phenolic OH excluding ortho intramolecular Hbond substituents is 1. The Kier molecular flexibility index (Phi) is 3.19. The van der Waals surface area contributed by atoms with Gasteiger partial charge in [0.05, 0.1) is 12.7 Å². The van der Waals surface area contributed by atoms with E-state index < -0.39 is 5.97 Å². The van der Waals surface area contributed by atoms with E-state index in [4.69, 9.17) is 9.84 Å². The Morgan fingerprint density at radius 3 is 2.56 bits per heavy atom. The third-order valence-corrected chi connectivity index (χ3v) is 2.57. The highest BCUT2D eigenvalue weighted by atomic mass is 16.5. The molecule has 0 spiro atoms. The van der Waals surface area contributed by atoms with Crippen molar-refractivity contribution in [1.29, 1.82) is 0 Å². The summed E-state index contributed by atoms with van der Waals surface area (Å²) in [6.45, 7) is 0. The molecule has 0 bridgehead atoms. The molecule has 0 aliphatic heterocycles. The molecule has 0 fully saturated rings. The standard InChI is InChI=1S/C14H12O4/c1-18-13-7-11(6-12(15)8-13)9-3-2-4-10(5-9)14(16)17/h2-8,15H,1H3,(H,16,17). The Labute approximate surface area is 104 Å². The third kappa shape index (κ3) is 2.43. The summed E-state index contributed by atoms with van der Waals surface area (Å²) in [4.78, 5) is 10.9. The number of aromatic carboxylic acids is 1. The highest BCUT2D eigenvalue weighted by molar-refractivity contribution is 5.89. The first-order valence-electron chi connectivity index (χ1n) is 5.32. The van der Waals surface area contributed by atoms with Crippen molar-refractivity contribution in [1.82, 2.24) is 0 Å². The number of phenols is 1. The van der Waals surface area contributed by atoms with E-state index in [1.54, 1.807) is 30.3 Å². The number of carbonyl (C=O) groups is 1. The van der Waals surface area contributed by atoms with Crippen LogP contribution in [0.4, 0.5) is 0 Å². The Morgan fingerprint density at radius 2 is 1.89 bits per heavy atom. The van der Waals surface area contributed by atoms with Gasteiger partial charge >= 0.3 is 5.97 Å². The predicted octanol–water partition coefficient (Wildman–Crippen LogP) is 2.77. The second-order valence-electron chi connectivity index (χ2n) is 3.81. The Morgan fingerprint density at radius 1 is 1.11 bits per heavy atom. The van der Waals surface area contributed by atoms with Crippen LogP contribution in [-0.4, -0.2) is 23.3 Å². The molecule has 2 aromatic rings. The van der Waals surface area contributed by atoms with E-state index in [1.165, 1.54) is 19.2 Å². The third-order valence-electron chi connectivity index (χ3n) is 2.57. The van der Waals surface area contributed by atoms with Gasteiger partial charge in [-0.2, -0.15) is 0 Å². The van der Waals surface area contributed by atoms with E-state index in [-0.39, 0.29) is 11.3 Å². The van der Waals surface area contributed by atoms with Crippen LogP contribution in [0.15, 0.2) is 42.5 Å². The van der Waals surface area contributed by atoms with Crippen LogP contribution in [0.2, 0.25) is 0 Å². The van der Waals surface area contributed by atoms with Crippen molar-refractivity contribution in [2.75, 3.05) is 7.11 Å². The molecular formula is C14H12O4. The van der Waals surface area contributed by atoms with Gasteiger partial charge in [0.15, 0.2) is 0 Å². The molecule has 0 saturated carbocycles. The molecule has 0 aliphatic carbocycles. The van der Waals surface area contributed by atoms with Crippen molar-refractivity contribution in [2.24, 2.45) is 0 Å². The number of benzene rings is 2. The molecular weight excluding hydrogens is 232 g/mol. The van der Waals surface area contributed by atoms with Crippen LogP contribution in [0, 0.1) is 0 Å². The van der Waals surface area contributed by atoms with Crippen LogP contribution in [-0.2, 0) is 0 Å². The molecule has 4 heteroatoms. The zero-order valence-corrected chi connectivity index (χ0v) is 9.75. The lowest BCUT2D eigenvalue weighted by Gasteiger charge is -2.07. The zero-order valence-electron chi connectivity index (χ0n) is 9.75. The van der Waals surface area contributed by atoms with Crippen molar-refractivity contribution in [3.8, 4) is 22.6 Å². The molecule has 0 unspecified atom stereocenters. The predicted molar refractivity (Wildman–Crippen MR) is 67.1 cm³/mol. The van der Waals surface area contributed by atoms with Gasteiger partial charge in [-0.3, -0.25) is 0 Å². The van der Waals surface area contributed by atoms with Gasteiger partial charge in [0, 0.05) is 6.07 Å². The zero-order chi connectivity index (χ0) is 13.1. The van der Waals surface area contributed by atoms with Gasteiger partial charge in [0.1, 0.15) is 11.5 Å². The van der Waals surface area contributed by atoms with Crippen molar-refractivity contribution in [3.63, 3.8) is 0 Å². The summed E-state index contributed by atoms with van der Waals surface area (Å²) in [5.41, 5.74) is 1.62. The molecule has 0 amide bonds. The minimum atomic E-state index is -0.982. The van der Waals surface area contributed by atoms with Gasteiger partial charge < -0.3 is 14.9 Å². The minimum absolute atomic E-state index is 0.0741. The summed E-state index contributed by atoms with van der Waals surface area (Å²) in [5.74, 6) is -0.389. The fraction of sp³-hybridized carbons (Fsp3) is 0.0714. The Hall–Kier alpha value is -2.49. The molecule has 2 N–H and O–H groups in total. The second kappa shape index (κ2) is 4.79. The van der Waals surface area contributed by atoms with Crippen molar-refractivity contribution in [3.05, 3.63) is 48.0 Å². The first-order valence-corrected chi connectivity index (χ1v) is 5.32. The monoisotopic (exact) mass is 244 g/mol. The number of carboxylic acid groups (broad SMARTS) is 1. The van der Waals surface area contributed by atoms with E-state index in [0.29, 0.717) is 16.9 Å². The molecule has 2 rings (SSSR count). The van der Waals surface area contributed by atoms with Crippen LogP contribution in [0.25, 0.3) is 11.1 Å². The molecule has 2 aromatic carbocycles. The summed E-state index contributed by atoms with van der Waals surface area (Å²) in [5, 5.41) is 18.5. The van der Waals surface area contributed by atoms with Gasteiger partial charge in [-0.05, 0) is 35.4 Å². The number of carboxylic acids is 1. The van der Waals surface area contributed by atoms with Crippen LogP contribution < -0.4 is 4.74 Å². The lowest BCUT2D eigenvalue weighted by molar-refractivity contribution is 0.0697. The fourth-order valence-corrected chi connectivity index (χ4v) is 1.70. The van der Waals surface area contributed by atoms with Crippen LogP contribution in [0.3, 0.4) is 0 Å². The maximum absolute atomic E-state index is 10.9. The fourth-order valence-electron chi connectivity index (χ4n) is 1.70. The molecule has 0 heterocycles. The molecule has 4 nitrogen and oxygen atoms in total. The molecule has 92 valence electrons.